The van der Waals surface area contributed by atoms with Gasteiger partial charge in [-0.3, -0.25) is 0 Å². The number of hydrogen-bond acceptors (Lipinski definition) is 2. The zero-order valence-corrected chi connectivity index (χ0v) is 11.2. The number of nitrogens with one attached hydrogen (secondary N) is 1. The fourth-order valence-corrected chi connectivity index (χ4v) is 2.47. The van der Waals surface area contributed by atoms with Crippen molar-refractivity contribution < 1.29 is 9.13 Å². The fourth-order valence-electron chi connectivity index (χ4n) is 2.47. The van der Waals surface area contributed by atoms with Gasteiger partial charge in [-0.25, -0.2) is 4.39 Å². The van der Waals surface area contributed by atoms with Gasteiger partial charge in [-0.05, 0) is 43.5 Å². The van der Waals surface area contributed by atoms with Gasteiger partial charge in [0.1, 0.15) is 5.82 Å². The van der Waals surface area contributed by atoms with E-state index in [1.54, 1.807) is 13.0 Å². The van der Waals surface area contributed by atoms with Gasteiger partial charge in [0.2, 0.25) is 0 Å². The Hall–Kier alpha value is -0.930. The van der Waals surface area contributed by atoms with Gasteiger partial charge in [0, 0.05) is 18.6 Å². The molecule has 0 saturated carbocycles. The predicted molar refractivity (Wildman–Crippen MR) is 71.1 cm³/mol. The molecule has 0 aliphatic carbocycles. The van der Waals surface area contributed by atoms with Gasteiger partial charge < -0.3 is 10.1 Å². The molecule has 1 aliphatic heterocycles. The maximum Gasteiger partial charge on any atom is 0.126 e. The van der Waals surface area contributed by atoms with Gasteiger partial charge in [-0.15, -0.1) is 0 Å². The SMILES string of the molecule is CCCNC(c1ccc(C)c(F)c1)C1CCOC1. The van der Waals surface area contributed by atoms with Crippen molar-refractivity contribution in [2.24, 2.45) is 5.92 Å². The van der Waals surface area contributed by atoms with Crippen LogP contribution >= 0.6 is 0 Å². The van der Waals surface area contributed by atoms with E-state index >= 15 is 0 Å². The van der Waals surface area contributed by atoms with E-state index in [0.717, 1.165) is 38.2 Å². The Labute approximate surface area is 109 Å². The van der Waals surface area contributed by atoms with Crippen LogP contribution in [0.25, 0.3) is 0 Å². The third kappa shape index (κ3) is 3.09. The Kier molecular flexibility index (Phi) is 4.72. The van der Waals surface area contributed by atoms with Crippen molar-refractivity contribution >= 4 is 0 Å². The van der Waals surface area contributed by atoms with Gasteiger partial charge in [0.25, 0.3) is 0 Å². The molecule has 3 heteroatoms. The van der Waals surface area contributed by atoms with Crippen molar-refractivity contribution in [3.8, 4) is 0 Å². The summed E-state index contributed by atoms with van der Waals surface area (Å²) in [6.45, 7) is 6.49. The first kappa shape index (κ1) is 13.5. The van der Waals surface area contributed by atoms with Crippen molar-refractivity contribution in [2.75, 3.05) is 19.8 Å². The van der Waals surface area contributed by atoms with Crippen LogP contribution in [0.15, 0.2) is 18.2 Å². The van der Waals surface area contributed by atoms with E-state index in [2.05, 4.69) is 12.2 Å². The third-order valence-electron chi connectivity index (χ3n) is 3.61. The largest absolute Gasteiger partial charge is 0.381 e. The molecule has 0 bridgehead atoms. The molecule has 1 aliphatic rings. The lowest BCUT2D eigenvalue weighted by atomic mass is 9.91. The second kappa shape index (κ2) is 6.30. The van der Waals surface area contributed by atoms with Crippen LogP contribution < -0.4 is 5.32 Å². The summed E-state index contributed by atoms with van der Waals surface area (Å²) >= 11 is 0. The van der Waals surface area contributed by atoms with Crippen LogP contribution in [0.3, 0.4) is 0 Å². The minimum absolute atomic E-state index is 0.116. The number of halogens is 1. The Morgan fingerprint density at radius 1 is 1.50 bits per heavy atom. The molecule has 1 N–H and O–H groups in total. The lowest BCUT2D eigenvalue weighted by Gasteiger charge is -2.24. The molecule has 2 atom stereocenters. The summed E-state index contributed by atoms with van der Waals surface area (Å²) in [5, 5.41) is 3.53. The van der Waals surface area contributed by atoms with E-state index in [1.165, 1.54) is 0 Å². The zero-order chi connectivity index (χ0) is 13.0. The Morgan fingerprint density at radius 2 is 2.33 bits per heavy atom. The molecule has 1 aromatic carbocycles. The molecule has 0 aromatic heterocycles. The summed E-state index contributed by atoms with van der Waals surface area (Å²) in [6, 6.07) is 5.77. The molecule has 18 heavy (non-hydrogen) atoms. The van der Waals surface area contributed by atoms with Crippen LogP contribution in [-0.4, -0.2) is 19.8 Å². The molecule has 1 heterocycles. The van der Waals surface area contributed by atoms with Gasteiger partial charge in [0.05, 0.1) is 6.61 Å². The summed E-state index contributed by atoms with van der Waals surface area (Å²) in [6.07, 6.45) is 2.13. The van der Waals surface area contributed by atoms with Crippen molar-refractivity contribution in [1.29, 1.82) is 0 Å². The predicted octanol–water partition coefficient (Wildman–Crippen LogP) is 3.21. The van der Waals surface area contributed by atoms with Crippen LogP contribution in [-0.2, 0) is 4.74 Å². The highest BCUT2D eigenvalue weighted by Gasteiger charge is 2.26. The Balaban J connectivity index is 2.17. The lowest BCUT2D eigenvalue weighted by molar-refractivity contribution is 0.176. The molecule has 2 unspecified atom stereocenters. The molecule has 100 valence electrons. The fraction of sp³-hybridized carbons (Fsp3) is 0.600. The molecule has 1 aromatic rings. The van der Waals surface area contributed by atoms with Crippen LogP contribution in [0.1, 0.15) is 36.9 Å². The molecule has 1 fully saturated rings. The van der Waals surface area contributed by atoms with E-state index in [0.29, 0.717) is 11.5 Å². The number of aryl methyl sites for hydroxylation is 1. The normalized spacial score (nSPS) is 21.2. The summed E-state index contributed by atoms with van der Waals surface area (Å²) in [7, 11) is 0. The number of rotatable bonds is 5. The molecule has 0 spiro atoms. The maximum atomic E-state index is 13.7. The van der Waals surface area contributed by atoms with Crippen LogP contribution in [0.5, 0.6) is 0 Å². The van der Waals surface area contributed by atoms with Gasteiger partial charge in [-0.2, -0.15) is 0 Å². The number of ether oxygens (including phenoxy) is 1. The highest BCUT2D eigenvalue weighted by Crippen LogP contribution is 2.29. The monoisotopic (exact) mass is 251 g/mol. The van der Waals surface area contributed by atoms with Crippen molar-refractivity contribution in [1.82, 2.24) is 5.32 Å². The summed E-state index contributed by atoms with van der Waals surface area (Å²) in [5.41, 5.74) is 1.75. The molecular formula is C15H22FNO. The van der Waals surface area contributed by atoms with Gasteiger partial charge in [0.15, 0.2) is 0 Å². The van der Waals surface area contributed by atoms with E-state index in [9.17, 15) is 4.39 Å². The van der Waals surface area contributed by atoms with Crippen LogP contribution in [0.4, 0.5) is 4.39 Å². The van der Waals surface area contributed by atoms with Crippen molar-refractivity contribution in [3.63, 3.8) is 0 Å². The quantitative estimate of drug-likeness (QED) is 0.867. The van der Waals surface area contributed by atoms with Crippen LogP contribution in [0.2, 0.25) is 0 Å². The first-order valence-corrected chi connectivity index (χ1v) is 6.79. The molecular weight excluding hydrogens is 229 g/mol. The first-order valence-electron chi connectivity index (χ1n) is 6.79. The zero-order valence-electron chi connectivity index (χ0n) is 11.2. The smallest absolute Gasteiger partial charge is 0.126 e. The van der Waals surface area contributed by atoms with E-state index in [1.807, 2.05) is 12.1 Å². The second-order valence-electron chi connectivity index (χ2n) is 5.06. The second-order valence-corrected chi connectivity index (χ2v) is 5.06. The first-order chi connectivity index (χ1) is 8.72. The maximum absolute atomic E-state index is 13.7. The average Bonchev–Trinajstić information content (AvgIpc) is 2.88. The summed E-state index contributed by atoms with van der Waals surface area (Å²) < 4.78 is 19.1. The summed E-state index contributed by atoms with van der Waals surface area (Å²) in [4.78, 5) is 0. The van der Waals surface area contributed by atoms with Crippen LogP contribution in [0, 0.1) is 18.7 Å². The van der Waals surface area contributed by atoms with Gasteiger partial charge in [-0.1, -0.05) is 19.1 Å². The standard InChI is InChI=1S/C15H22FNO/c1-3-7-17-15(13-6-8-18-10-13)12-5-4-11(2)14(16)9-12/h4-5,9,13,15,17H,3,6-8,10H2,1-2H3. The van der Waals surface area contributed by atoms with Crippen molar-refractivity contribution in [3.05, 3.63) is 35.1 Å². The lowest BCUT2D eigenvalue weighted by Crippen LogP contribution is -2.29. The number of benzene rings is 1. The van der Waals surface area contributed by atoms with E-state index in [4.69, 9.17) is 4.74 Å². The molecule has 2 rings (SSSR count). The Morgan fingerprint density at radius 3 is 2.94 bits per heavy atom. The molecule has 1 saturated heterocycles. The number of hydrogen-bond donors (Lipinski definition) is 1. The summed E-state index contributed by atoms with van der Waals surface area (Å²) in [5.74, 6) is 0.341. The topological polar surface area (TPSA) is 21.3 Å². The highest BCUT2D eigenvalue weighted by molar-refractivity contribution is 5.26. The van der Waals surface area contributed by atoms with E-state index in [-0.39, 0.29) is 11.9 Å². The minimum Gasteiger partial charge on any atom is -0.381 e. The van der Waals surface area contributed by atoms with Gasteiger partial charge >= 0.3 is 0 Å². The highest BCUT2D eigenvalue weighted by atomic mass is 19.1. The third-order valence-corrected chi connectivity index (χ3v) is 3.61. The Bertz CT molecular complexity index is 388. The van der Waals surface area contributed by atoms with E-state index < -0.39 is 0 Å². The minimum atomic E-state index is -0.116. The molecule has 0 amide bonds. The average molecular weight is 251 g/mol. The molecule has 2 nitrogen and oxygen atoms in total. The molecule has 0 radical (unpaired) electrons. The van der Waals surface area contributed by atoms with Crippen molar-refractivity contribution in [2.45, 2.75) is 32.7 Å².